The van der Waals surface area contributed by atoms with Crippen molar-refractivity contribution in [3.63, 3.8) is 0 Å². The van der Waals surface area contributed by atoms with E-state index in [9.17, 15) is 4.79 Å². The summed E-state index contributed by atoms with van der Waals surface area (Å²) < 4.78 is 0. The number of allylic oxidation sites excluding steroid dienone is 1. The van der Waals surface area contributed by atoms with Gasteiger partial charge in [-0.25, -0.2) is 0 Å². The lowest BCUT2D eigenvalue weighted by molar-refractivity contribution is -0.110. The first-order valence-electron chi connectivity index (χ1n) is 4.94. The van der Waals surface area contributed by atoms with Crippen molar-refractivity contribution in [1.29, 1.82) is 0 Å². The Kier molecular flexibility index (Phi) is 2.35. The fourth-order valence-corrected chi connectivity index (χ4v) is 1.63. The summed E-state index contributed by atoms with van der Waals surface area (Å²) in [5.74, 6) is 0.0275. The van der Waals surface area contributed by atoms with Gasteiger partial charge in [0.25, 0.3) is 5.91 Å². The number of nitrogens with one attached hydrogen (secondary N) is 1. The molecule has 0 spiro atoms. The molecule has 1 aliphatic heterocycles. The first-order valence-corrected chi connectivity index (χ1v) is 4.94. The number of amides is 1. The van der Waals surface area contributed by atoms with Crippen LogP contribution >= 0.6 is 0 Å². The lowest BCUT2D eigenvalue weighted by Gasteiger charge is -1.95. The molecule has 2 nitrogen and oxygen atoms in total. The van der Waals surface area contributed by atoms with Gasteiger partial charge in [0.05, 0.1) is 0 Å². The predicted molar refractivity (Wildman–Crippen MR) is 58.0 cm³/mol. The van der Waals surface area contributed by atoms with Crippen LogP contribution in [0.1, 0.15) is 25.3 Å². The second-order valence-corrected chi connectivity index (χ2v) is 3.41. The van der Waals surface area contributed by atoms with Crippen molar-refractivity contribution in [2.24, 2.45) is 0 Å². The number of unbranched alkanes of at least 4 members (excludes halogenated alkanes) is 1. The van der Waals surface area contributed by atoms with Gasteiger partial charge in [0, 0.05) is 16.8 Å². The van der Waals surface area contributed by atoms with Crippen molar-refractivity contribution in [3.8, 4) is 0 Å². The van der Waals surface area contributed by atoms with E-state index in [0.717, 1.165) is 29.7 Å². The van der Waals surface area contributed by atoms with Crippen LogP contribution in [-0.4, -0.2) is 5.91 Å². The first kappa shape index (κ1) is 9.00. The molecule has 0 bridgehead atoms. The van der Waals surface area contributed by atoms with Crippen LogP contribution in [0.2, 0.25) is 0 Å². The second-order valence-electron chi connectivity index (χ2n) is 3.41. The Bertz CT molecular complexity index is 393. The number of hydrogen-bond acceptors (Lipinski definition) is 1. The quantitative estimate of drug-likeness (QED) is 0.709. The van der Waals surface area contributed by atoms with Crippen molar-refractivity contribution in [2.75, 3.05) is 5.32 Å². The standard InChI is InChI=1S/C12H13NO/c1-2-3-6-10-9-7-4-5-8-11(9)13-12(10)14/h4-8H,2-3H2,1H3,(H,13,14). The normalized spacial score (nSPS) is 16.9. The average molecular weight is 187 g/mol. The van der Waals surface area contributed by atoms with Gasteiger partial charge >= 0.3 is 0 Å². The van der Waals surface area contributed by atoms with Crippen molar-refractivity contribution >= 4 is 17.2 Å². The zero-order chi connectivity index (χ0) is 9.97. The lowest BCUT2D eigenvalue weighted by atomic mass is 10.1. The van der Waals surface area contributed by atoms with Gasteiger partial charge in [-0.1, -0.05) is 37.6 Å². The molecule has 0 aromatic heterocycles. The molecule has 0 saturated carbocycles. The molecule has 1 aliphatic rings. The molecule has 0 unspecified atom stereocenters. The molecular formula is C12H13NO. The van der Waals surface area contributed by atoms with Crippen molar-refractivity contribution in [3.05, 3.63) is 35.9 Å². The zero-order valence-electron chi connectivity index (χ0n) is 8.21. The summed E-state index contributed by atoms with van der Waals surface area (Å²) in [5.41, 5.74) is 2.79. The molecule has 2 heteroatoms. The largest absolute Gasteiger partial charge is 0.321 e. The molecule has 14 heavy (non-hydrogen) atoms. The predicted octanol–water partition coefficient (Wildman–Crippen LogP) is 2.82. The van der Waals surface area contributed by atoms with E-state index in [4.69, 9.17) is 0 Å². The number of carbonyl (C=O) groups is 1. The number of fused-ring (bicyclic) bond motifs is 1. The molecule has 0 atom stereocenters. The van der Waals surface area contributed by atoms with Gasteiger partial charge in [0.1, 0.15) is 0 Å². The summed E-state index contributed by atoms with van der Waals surface area (Å²) in [6, 6.07) is 7.80. The van der Waals surface area contributed by atoms with E-state index in [1.54, 1.807) is 0 Å². The molecule has 1 N–H and O–H groups in total. The summed E-state index contributed by atoms with van der Waals surface area (Å²) in [7, 11) is 0. The summed E-state index contributed by atoms with van der Waals surface area (Å²) in [4.78, 5) is 11.6. The summed E-state index contributed by atoms with van der Waals surface area (Å²) >= 11 is 0. The van der Waals surface area contributed by atoms with Crippen molar-refractivity contribution in [2.45, 2.75) is 19.8 Å². The maximum Gasteiger partial charge on any atom is 0.256 e. The van der Waals surface area contributed by atoms with E-state index in [-0.39, 0.29) is 5.91 Å². The summed E-state index contributed by atoms with van der Waals surface area (Å²) in [6.07, 6.45) is 4.04. The fourth-order valence-electron chi connectivity index (χ4n) is 1.63. The molecule has 2 rings (SSSR count). The highest BCUT2D eigenvalue weighted by Crippen LogP contribution is 2.31. The third-order valence-corrected chi connectivity index (χ3v) is 2.35. The van der Waals surface area contributed by atoms with Crippen LogP contribution in [0, 0.1) is 0 Å². The third kappa shape index (κ3) is 1.43. The number of para-hydroxylation sites is 1. The molecule has 1 heterocycles. The first-order chi connectivity index (χ1) is 6.83. The van der Waals surface area contributed by atoms with E-state index < -0.39 is 0 Å². The minimum absolute atomic E-state index is 0.0275. The number of benzene rings is 1. The van der Waals surface area contributed by atoms with E-state index in [0.29, 0.717) is 0 Å². The van der Waals surface area contributed by atoms with Crippen LogP contribution in [0.5, 0.6) is 0 Å². The molecule has 0 aliphatic carbocycles. The van der Waals surface area contributed by atoms with E-state index >= 15 is 0 Å². The number of anilines is 1. The second kappa shape index (κ2) is 3.66. The van der Waals surface area contributed by atoms with Crippen LogP contribution in [0.3, 0.4) is 0 Å². The smallest absolute Gasteiger partial charge is 0.256 e. The molecular weight excluding hydrogens is 174 g/mol. The Labute approximate surface area is 83.6 Å². The Hall–Kier alpha value is -1.57. The van der Waals surface area contributed by atoms with Gasteiger partial charge in [0.2, 0.25) is 0 Å². The zero-order valence-corrected chi connectivity index (χ0v) is 8.21. The summed E-state index contributed by atoms with van der Waals surface area (Å²) in [5, 5.41) is 2.85. The molecule has 0 saturated heterocycles. The van der Waals surface area contributed by atoms with Gasteiger partial charge < -0.3 is 5.32 Å². The van der Waals surface area contributed by atoms with E-state index in [2.05, 4.69) is 12.2 Å². The molecule has 1 aromatic carbocycles. The highest BCUT2D eigenvalue weighted by molar-refractivity contribution is 6.31. The van der Waals surface area contributed by atoms with E-state index in [1.165, 1.54) is 0 Å². The maximum atomic E-state index is 11.6. The van der Waals surface area contributed by atoms with Gasteiger partial charge in [-0.3, -0.25) is 4.79 Å². The van der Waals surface area contributed by atoms with Crippen LogP contribution in [0.15, 0.2) is 30.3 Å². The van der Waals surface area contributed by atoms with Gasteiger partial charge in [-0.15, -0.1) is 0 Å². The molecule has 0 radical (unpaired) electrons. The molecule has 1 aromatic rings. The van der Waals surface area contributed by atoms with Crippen molar-refractivity contribution in [1.82, 2.24) is 0 Å². The van der Waals surface area contributed by atoms with Gasteiger partial charge in [-0.05, 0) is 12.5 Å². The lowest BCUT2D eigenvalue weighted by Crippen LogP contribution is -2.03. The van der Waals surface area contributed by atoms with Crippen LogP contribution in [-0.2, 0) is 4.79 Å². The van der Waals surface area contributed by atoms with Crippen LogP contribution in [0.4, 0.5) is 5.69 Å². The van der Waals surface area contributed by atoms with Crippen molar-refractivity contribution < 1.29 is 4.79 Å². The fraction of sp³-hybridized carbons (Fsp3) is 0.250. The number of rotatable bonds is 2. The Balaban J connectivity index is 2.39. The Morgan fingerprint density at radius 3 is 2.93 bits per heavy atom. The average Bonchev–Trinajstić information content (AvgIpc) is 2.51. The number of carbonyl (C=O) groups excluding carboxylic acids is 1. The molecule has 0 fully saturated rings. The van der Waals surface area contributed by atoms with Crippen LogP contribution < -0.4 is 5.32 Å². The molecule has 72 valence electrons. The highest BCUT2D eigenvalue weighted by atomic mass is 16.1. The Morgan fingerprint density at radius 2 is 2.14 bits per heavy atom. The monoisotopic (exact) mass is 187 g/mol. The minimum atomic E-state index is 0.0275. The molecule has 1 amide bonds. The topological polar surface area (TPSA) is 29.1 Å². The van der Waals surface area contributed by atoms with Gasteiger partial charge in [-0.2, -0.15) is 0 Å². The van der Waals surface area contributed by atoms with Crippen LogP contribution in [0.25, 0.3) is 5.57 Å². The minimum Gasteiger partial charge on any atom is -0.321 e. The highest BCUT2D eigenvalue weighted by Gasteiger charge is 2.22. The maximum absolute atomic E-state index is 11.6. The van der Waals surface area contributed by atoms with Gasteiger partial charge in [0.15, 0.2) is 0 Å². The third-order valence-electron chi connectivity index (χ3n) is 2.35. The number of hydrogen-bond donors (Lipinski definition) is 1. The summed E-state index contributed by atoms with van der Waals surface area (Å²) in [6.45, 7) is 2.11. The van der Waals surface area contributed by atoms with E-state index in [1.807, 2.05) is 30.3 Å². The SMILES string of the molecule is CCCC=C1C(=O)Nc2ccccc21. The Morgan fingerprint density at radius 1 is 1.36 bits per heavy atom.